The summed E-state index contributed by atoms with van der Waals surface area (Å²) in [5.41, 5.74) is 1.74. The van der Waals surface area contributed by atoms with Crippen molar-refractivity contribution in [2.75, 3.05) is 0 Å². The van der Waals surface area contributed by atoms with E-state index in [1.807, 2.05) is 60.7 Å². The lowest BCUT2D eigenvalue weighted by atomic mass is 10.3. The molecule has 0 unspecified atom stereocenters. The van der Waals surface area contributed by atoms with E-state index in [4.69, 9.17) is 39.6 Å². The van der Waals surface area contributed by atoms with Crippen LogP contribution in [-0.4, -0.2) is 46.3 Å². The van der Waals surface area contributed by atoms with E-state index in [2.05, 4.69) is 10.2 Å². The third-order valence-corrected chi connectivity index (χ3v) is 1.79. The fraction of sp³-hybridized carbons (Fsp3) is 0. The van der Waals surface area contributed by atoms with Gasteiger partial charge in [0.2, 0.25) is 0 Å². The van der Waals surface area contributed by atoms with Crippen molar-refractivity contribution >= 4 is 37.3 Å². The van der Waals surface area contributed by atoms with E-state index in [0.29, 0.717) is 0 Å². The number of carbonyl (C=O) groups is 4. The predicted molar refractivity (Wildman–Crippen MR) is 91.8 cm³/mol. The van der Waals surface area contributed by atoms with Crippen LogP contribution in [0, 0.1) is 0 Å². The van der Waals surface area contributed by atoms with Gasteiger partial charge in [-0.3, -0.25) is 19.2 Å². The lowest BCUT2D eigenvalue weighted by molar-refractivity contribution is -0.123. The molecule has 0 aliphatic carbocycles. The average molecular weight is 366 g/mol. The van der Waals surface area contributed by atoms with Crippen LogP contribution in [-0.2, 0) is 19.2 Å². The molecule has 0 atom stereocenters. The Hall–Kier alpha value is -4.08. The van der Waals surface area contributed by atoms with Crippen molar-refractivity contribution in [2.24, 2.45) is 10.2 Å². The molecule has 2 rings (SSSR count). The van der Waals surface area contributed by atoms with Gasteiger partial charge < -0.3 is 20.4 Å². The van der Waals surface area contributed by atoms with E-state index in [-0.39, 0.29) is 25.9 Å². The van der Waals surface area contributed by atoms with Gasteiger partial charge in [-0.05, 0) is 24.3 Å². The second-order valence-electron chi connectivity index (χ2n) is 3.29. The van der Waals surface area contributed by atoms with Crippen molar-refractivity contribution < 1.29 is 39.6 Å². The maximum Gasteiger partial charge on any atom is 0.290 e. The van der Waals surface area contributed by atoms with Crippen molar-refractivity contribution in [2.45, 2.75) is 0 Å². The molecule has 140 valence electrons. The molecule has 0 aliphatic heterocycles. The molecule has 0 amide bonds. The van der Waals surface area contributed by atoms with Gasteiger partial charge in [-0.25, -0.2) is 0 Å². The number of benzene rings is 2. The van der Waals surface area contributed by atoms with Gasteiger partial charge in [0.1, 0.15) is 0 Å². The Labute approximate surface area is 148 Å². The molecule has 2 aromatic carbocycles. The Balaban J connectivity index is -0.000000367. The summed E-state index contributed by atoms with van der Waals surface area (Å²) in [6.45, 7) is -1.00. The highest BCUT2D eigenvalue weighted by Gasteiger charge is 1.86. The Morgan fingerprint density at radius 2 is 0.692 bits per heavy atom. The Bertz CT molecular complexity index is 526. The van der Waals surface area contributed by atoms with E-state index < -0.39 is 0 Å². The lowest BCUT2D eigenvalue weighted by Crippen LogP contribution is -1.62. The van der Waals surface area contributed by atoms with Crippen molar-refractivity contribution in [3.8, 4) is 0 Å². The molecule has 0 bridgehead atoms. The summed E-state index contributed by atoms with van der Waals surface area (Å²) >= 11 is 0. The molecule has 0 radical (unpaired) electrons. The first-order chi connectivity index (χ1) is 12.6. The highest BCUT2D eigenvalue weighted by molar-refractivity contribution is 5.39. The van der Waals surface area contributed by atoms with Crippen molar-refractivity contribution in [3.63, 3.8) is 0 Å². The molecule has 4 N–H and O–H groups in total. The highest BCUT2D eigenvalue weighted by atomic mass is 16.4. The van der Waals surface area contributed by atoms with E-state index in [9.17, 15) is 0 Å². The number of azo groups is 1. The first-order valence-electron chi connectivity index (χ1n) is 6.44. The number of nitrogens with zero attached hydrogens (tertiary/aromatic N) is 2. The zero-order valence-corrected chi connectivity index (χ0v) is 13.4. The maximum atomic E-state index is 8.36. The summed E-state index contributed by atoms with van der Waals surface area (Å²) in [4.78, 5) is 33.4. The summed E-state index contributed by atoms with van der Waals surface area (Å²) in [5.74, 6) is 0. The molecule has 0 saturated carbocycles. The van der Waals surface area contributed by atoms with Gasteiger partial charge in [0.25, 0.3) is 25.9 Å². The van der Waals surface area contributed by atoms with Crippen LogP contribution in [0.5, 0.6) is 0 Å². The number of rotatable bonds is 2. The van der Waals surface area contributed by atoms with Crippen LogP contribution in [0.15, 0.2) is 70.9 Å². The summed E-state index contributed by atoms with van der Waals surface area (Å²) in [6.07, 6.45) is 0. The molecule has 0 aliphatic rings. The van der Waals surface area contributed by atoms with E-state index in [0.717, 1.165) is 11.4 Å². The van der Waals surface area contributed by atoms with E-state index >= 15 is 0 Å². The second-order valence-corrected chi connectivity index (χ2v) is 3.29. The Kier molecular flexibility index (Phi) is 26.6. The van der Waals surface area contributed by atoms with Gasteiger partial charge in [-0.1, -0.05) is 36.4 Å². The maximum absolute atomic E-state index is 8.36. The number of hydrogen-bond donors (Lipinski definition) is 4. The molecule has 0 heterocycles. The largest absolute Gasteiger partial charge is 0.483 e. The quantitative estimate of drug-likeness (QED) is 0.463. The van der Waals surface area contributed by atoms with Crippen LogP contribution in [0.25, 0.3) is 0 Å². The molecule has 0 fully saturated rings. The minimum Gasteiger partial charge on any atom is -0.483 e. The zero-order chi connectivity index (χ0) is 20.5. The van der Waals surface area contributed by atoms with Gasteiger partial charge in [-0.2, -0.15) is 10.2 Å². The topological polar surface area (TPSA) is 174 Å². The molecule has 26 heavy (non-hydrogen) atoms. The Morgan fingerprint density at radius 3 is 0.885 bits per heavy atom. The fourth-order valence-corrected chi connectivity index (χ4v) is 1.10. The van der Waals surface area contributed by atoms with Crippen LogP contribution in [0.4, 0.5) is 11.4 Å². The zero-order valence-electron chi connectivity index (χ0n) is 13.4. The average Bonchev–Trinajstić information content (AvgIpc) is 2.64. The monoisotopic (exact) mass is 366 g/mol. The van der Waals surface area contributed by atoms with E-state index in [1.165, 1.54) is 0 Å². The first-order valence-corrected chi connectivity index (χ1v) is 6.44. The van der Waals surface area contributed by atoms with Crippen molar-refractivity contribution in [1.82, 2.24) is 0 Å². The van der Waals surface area contributed by atoms with Crippen LogP contribution < -0.4 is 0 Å². The number of hydrogen-bond acceptors (Lipinski definition) is 6. The molecule has 2 aromatic rings. The highest BCUT2D eigenvalue weighted by Crippen LogP contribution is 2.16. The molecule has 10 heteroatoms. The third kappa shape index (κ3) is 24.9. The minimum absolute atomic E-state index is 0.250. The van der Waals surface area contributed by atoms with Gasteiger partial charge in [-0.15, -0.1) is 0 Å². The van der Waals surface area contributed by atoms with Crippen LogP contribution in [0.1, 0.15) is 0 Å². The molecular weight excluding hydrogens is 348 g/mol. The van der Waals surface area contributed by atoms with Gasteiger partial charge in [0.05, 0.1) is 11.4 Å². The second kappa shape index (κ2) is 25.9. The summed E-state index contributed by atoms with van der Waals surface area (Å²) in [6, 6.07) is 19.4. The SMILES string of the molecule is O=CO.O=CO.O=CO.O=CO.c1ccc(N=Nc2ccccc2)cc1. The van der Waals surface area contributed by atoms with Crippen molar-refractivity contribution in [1.29, 1.82) is 0 Å². The third-order valence-electron chi connectivity index (χ3n) is 1.79. The van der Waals surface area contributed by atoms with Crippen LogP contribution >= 0.6 is 0 Å². The van der Waals surface area contributed by atoms with E-state index in [1.54, 1.807) is 0 Å². The molecule has 0 aromatic heterocycles. The summed E-state index contributed by atoms with van der Waals surface area (Å²) in [7, 11) is 0. The lowest BCUT2D eigenvalue weighted by Gasteiger charge is -1.91. The smallest absolute Gasteiger partial charge is 0.290 e. The molecule has 0 saturated heterocycles. The minimum atomic E-state index is -0.250. The first kappa shape index (κ1) is 26.8. The summed E-state index contributed by atoms with van der Waals surface area (Å²) in [5, 5.41) is 35.8. The number of carboxylic acid groups (broad SMARTS) is 4. The van der Waals surface area contributed by atoms with Crippen molar-refractivity contribution in [3.05, 3.63) is 60.7 Å². The predicted octanol–water partition coefficient (Wildman–Crippen LogP) is 2.91. The summed E-state index contributed by atoms with van der Waals surface area (Å²) < 4.78 is 0. The van der Waals surface area contributed by atoms with Crippen LogP contribution in [0.3, 0.4) is 0 Å². The molecular formula is C16H18N2O8. The van der Waals surface area contributed by atoms with Gasteiger partial charge in [0, 0.05) is 0 Å². The molecule has 10 nitrogen and oxygen atoms in total. The molecule has 0 spiro atoms. The normalized spacial score (nSPS) is 7.54. The van der Waals surface area contributed by atoms with Gasteiger partial charge >= 0.3 is 0 Å². The standard InChI is InChI=1S/C12H10N2.4CH2O2/c1-3-7-11(8-4-1)13-14-12-9-5-2-6-10-12;4*2-1-3/h1-10H;4*1H,(H,2,3). The Morgan fingerprint density at radius 1 is 0.500 bits per heavy atom. The van der Waals surface area contributed by atoms with Gasteiger partial charge in [0.15, 0.2) is 0 Å². The van der Waals surface area contributed by atoms with Crippen LogP contribution in [0.2, 0.25) is 0 Å². The fourth-order valence-electron chi connectivity index (χ4n) is 1.10.